The van der Waals surface area contributed by atoms with Gasteiger partial charge in [0.15, 0.2) is 0 Å². The lowest BCUT2D eigenvalue weighted by atomic mass is 10.1. The van der Waals surface area contributed by atoms with Gasteiger partial charge in [-0.2, -0.15) is 0 Å². The molecule has 1 saturated heterocycles. The highest BCUT2D eigenvalue weighted by Crippen LogP contribution is 2.33. The third kappa shape index (κ3) is 3.70. The first-order valence-electron chi connectivity index (χ1n) is 7.49. The fraction of sp³-hybridized carbons (Fsp3) is 0.250. The average molecular weight is 330 g/mol. The van der Waals surface area contributed by atoms with Gasteiger partial charge in [-0.05, 0) is 30.7 Å². The van der Waals surface area contributed by atoms with Crippen LogP contribution in [-0.4, -0.2) is 38.1 Å². The summed E-state index contributed by atoms with van der Waals surface area (Å²) in [6.45, 7) is 1.70. The summed E-state index contributed by atoms with van der Waals surface area (Å²) >= 11 is 0. The van der Waals surface area contributed by atoms with Crippen molar-refractivity contribution < 1.29 is 8.78 Å². The Labute approximate surface area is 137 Å². The van der Waals surface area contributed by atoms with Crippen molar-refractivity contribution in [3.8, 4) is 5.69 Å². The molecular formula is C16H16F2N6. The Kier molecular flexibility index (Phi) is 5.05. The molecule has 3 heterocycles. The quantitative estimate of drug-likeness (QED) is 0.739. The lowest BCUT2D eigenvalue weighted by Crippen LogP contribution is -2.37. The minimum absolute atomic E-state index is 0.0581. The van der Waals surface area contributed by atoms with Crippen molar-refractivity contribution in [2.24, 2.45) is 0 Å². The van der Waals surface area contributed by atoms with Gasteiger partial charge in [0, 0.05) is 36.7 Å². The first kappa shape index (κ1) is 16.0. The SMILES string of the molecule is FC(F)c1cc(-n2ccnn2)ccc1N1CCC1.c1cncnc1. The molecule has 3 aromatic rings. The van der Waals surface area contributed by atoms with Gasteiger partial charge < -0.3 is 4.90 Å². The molecule has 0 aliphatic carbocycles. The Balaban J connectivity index is 0.000000238. The minimum atomic E-state index is -2.48. The second-order valence-corrected chi connectivity index (χ2v) is 5.14. The van der Waals surface area contributed by atoms with E-state index in [1.54, 1.807) is 36.8 Å². The largest absolute Gasteiger partial charge is 0.371 e. The standard InChI is InChI=1S/C12H12F2N4.C4H4N2/c13-12(14)10-8-9(18-7-4-15-16-18)2-3-11(10)17-5-1-6-17;1-2-5-4-6-3-1/h2-4,7-8,12H,1,5-6H2;1-4H. The van der Waals surface area contributed by atoms with Gasteiger partial charge in [-0.25, -0.2) is 23.4 Å². The van der Waals surface area contributed by atoms with Crippen molar-refractivity contribution >= 4 is 5.69 Å². The fourth-order valence-electron chi connectivity index (χ4n) is 2.30. The molecule has 1 aromatic carbocycles. The molecule has 2 aromatic heterocycles. The molecule has 0 atom stereocenters. The zero-order valence-electron chi connectivity index (χ0n) is 12.8. The maximum absolute atomic E-state index is 13.1. The number of aromatic nitrogens is 5. The molecule has 0 amide bonds. The molecule has 1 aliphatic heterocycles. The Morgan fingerprint density at radius 1 is 1.04 bits per heavy atom. The van der Waals surface area contributed by atoms with Crippen LogP contribution in [0.25, 0.3) is 5.69 Å². The summed E-state index contributed by atoms with van der Waals surface area (Å²) in [5.74, 6) is 0. The number of nitrogens with zero attached hydrogens (tertiary/aromatic N) is 6. The highest BCUT2D eigenvalue weighted by atomic mass is 19.3. The monoisotopic (exact) mass is 330 g/mol. The van der Waals surface area contributed by atoms with Crippen molar-refractivity contribution in [2.45, 2.75) is 12.8 Å². The van der Waals surface area contributed by atoms with Crippen molar-refractivity contribution in [1.29, 1.82) is 0 Å². The van der Waals surface area contributed by atoms with E-state index in [0.717, 1.165) is 19.5 Å². The molecule has 0 spiro atoms. The van der Waals surface area contributed by atoms with Gasteiger partial charge in [-0.1, -0.05) is 5.21 Å². The Morgan fingerprint density at radius 3 is 2.29 bits per heavy atom. The molecule has 24 heavy (non-hydrogen) atoms. The smallest absolute Gasteiger partial charge is 0.265 e. The van der Waals surface area contributed by atoms with E-state index in [1.165, 1.54) is 23.3 Å². The summed E-state index contributed by atoms with van der Waals surface area (Å²) in [6, 6.07) is 6.78. The topological polar surface area (TPSA) is 59.7 Å². The first-order chi connectivity index (χ1) is 11.8. The van der Waals surface area contributed by atoms with Gasteiger partial charge in [0.05, 0.1) is 18.1 Å². The lowest BCUT2D eigenvalue weighted by Gasteiger charge is -2.34. The van der Waals surface area contributed by atoms with Crippen LogP contribution >= 0.6 is 0 Å². The summed E-state index contributed by atoms with van der Waals surface area (Å²) in [5.41, 5.74) is 1.29. The summed E-state index contributed by atoms with van der Waals surface area (Å²) in [6.07, 6.45) is 6.61. The van der Waals surface area contributed by atoms with Crippen molar-refractivity contribution in [3.05, 3.63) is 60.9 Å². The molecule has 0 unspecified atom stereocenters. The number of benzene rings is 1. The van der Waals surface area contributed by atoms with E-state index in [2.05, 4.69) is 20.3 Å². The number of rotatable bonds is 3. The molecule has 4 rings (SSSR count). The molecule has 0 N–H and O–H groups in total. The van der Waals surface area contributed by atoms with Crippen LogP contribution in [-0.2, 0) is 0 Å². The van der Waals surface area contributed by atoms with E-state index in [-0.39, 0.29) is 5.56 Å². The van der Waals surface area contributed by atoms with E-state index < -0.39 is 6.43 Å². The summed E-state index contributed by atoms with van der Waals surface area (Å²) < 4.78 is 27.7. The van der Waals surface area contributed by atoms with E-state index >= 15 is 0 Å². The lowest BCUT2D eigenvalue weighted by molar-refractivity contribution is 0.151. The molecule has 6 nitrogen and oxygen atoms in total. The third-order valence-electron chi connectivity index (χ3n) is 3.61. The van der Waals surface area contributed by atoms with Gasteiger partial charge >= 0.3 is 0 Å². The van der Waals surface area contributed by atoms with Crippen LogP contribution in [0.4, 0.5) is 14.5 Å². The third-order valence-corrected chi connectivity index (χ3v) is 3.61. The maximum atomic E-state index is 13.1. The predicted molar refractivity (Wildman–Crippen MR) is 85.2 cm³/mol. The molecule has 0 saturated carbocycles. The van der Waals surface area contributed by atoms with Crippen LogP contribution in [0.3, 0.4) is 0 Å². The molecule has 1 aliphatic rings. The summed E-state index contributed by atoms with van der Waals surface area (Å²) in [7, 11) is 0. The molecule has 124 valence electrons. The first-order valence-corrected chi connectivity index (χ1v) is 7.49. The highest BCUT2D eigenvalue weighted by Gasteiger charge is 2.22. The van der Waals surface area contributed by atoms with Crippen LogP contribution in [0.2, 0.25) is 0 Å². The van der Waals surface area contributed by atoms with Crippen LogP contribution in [0.15, 0.2) is 55.4 Å². The number of hydrogen-bond acceptors (Lipinski definition) is 5. The van der Waals surface area contributed by atoms with E-state index in [9.17, 15) is 8.78 Å². The second-order valence-electron chi connectivity index (χ2n) is 5.14. The van der Waals surface area contributed by atoms with E-state index in [0.29, 0.717) is 11.4 Å². The van der Waals surface area contributed by atoms with Crippen molar-refractivity contribution in [2.75, 3.05) is 18.0 Å². The van der Waals surface area contributed by atoms with Crippen LogP contribution in [0.1, 0.15) is 18.4 Å². The summed E-state index contributed by atoms with van der Waals surface area (Å²) in [5, 5.41) is 7.48. The molecule has 0 bridgehead atoms. The van der Waals surface area contributed by atoms with Gasteiger partial charge in [0.2, 0.25) is 0 Å². The Hall–Kier alpha value is -2.90. The van der Waals surface area contributed by atoms with Crippen LogP contribution in [0, 0.1) is 0 Å². The van der Waals surface area contributed by atoms with Crippen LogP contribution < -0.4 is 4.90 Å². The zero-order valence-corrected chi connectivity index (χ0v) is 12.8. The van der Waals surface area contributed by atoms with Gasteiger partial charge in [0.25, 0.3) is 6.43 Å². The Bertz CT molecular complexity index is 718. The maximum Gasteiger partial charge on any atom is 0.265 e. The van der Waals surface area contributed by atoms with Crippen LogP contribution in [0.5, 0.6) is 0 Å². The predicted octanol–water partition coefficient (Wildman–Crippen LogP) is 2.89. The molecule has 0 radical (unpaired) electrons. The molecule has 1 fully saturated rings. The average Bonchev–Trinajstić information content (AvgIpc) is 3.10. The second kappa shape index (κ2) is 7.58. The van der Waals surface area contributed by atoms with Crippen molar-refractivity contribution in [1.82, 2.24) is 25.0 Å². The fourth-order valence-corrected chi connectivity index (χ4v) is 2.30. The van der Waals surface area contributed by atoms with Gasteiger partial charge in [-0.3, -0.25) is 0 Å². The highest BCUT2D eigenvalue weighted by molar-refractivity contribution is 5.59. The normalized spacial score (nSPS) is 13.2. The minimum Gasteiger partial charge on any atom is -0.371 e. The van der Waals surface area contributed by atoms with Gasteiger partial charge in [-0.15, -0.1) is 5.10 Å². The summed E-state index contributed by atoms with van der Waals surface area (Å²) in [4.78, 5) is 9.31. The van der Waals surface area contributed by atoms with E-state index in [1.807, 2.05) is 4.90 Å². The van der Waals surface area contributed by atoms with Crippen molar-refractivity contribution in [3.63, 3.8) is 0 Å². The van der Waals surface area contributed by atoms with Gasteiger partial charge in [0.1, 0.15) is 6.33 Å². The number of anilines is 1. The molecular weight excluding hydrogens is 314 g/mol. The Morgan fingerprint density at radius 2 is 1.83 bits per heavy atom. The molecule has 8 heteroatoms. The number of halogens is 2. The number of hydrogen-bond donors (Lipinski definition) is 0. The zero-order chi connectivity index (χ0) is 16.8. The number of alkyl halides is 2. The van der Waals surface area contributed by atoms with E-state index in [4.69, 9.17) is 0 Å².